The van der Waals surface area contributed by atoms with Gasteiger partial charge in [-0.25, -0.2) is 4.98 Å². The summed E-state index contributed by atoms with van der Waals surface area (Å²) in [7, 11) is 1.68. The maximum Gasteiger partial charge on any atom is 0.169 e. The summed E-state index contributed by atoms with van der Waals surface area (Å²) < 4.78 is 10.5. The van der Waals surface area contributed by atoms with Crippen LogP contribution < -0.4 is 10.1 Å². The van der Waals surface area contributed by atoms with Crippen LogP contribution in [0.1, 0.15) is 13.8 Å². The lowest BCUT2D eigenvalue weighted by atomic mass is 10.3. The van der Waals surface area contributed by atoms with E-state index in [1.54, 1.807) is 13.3 Å². The summed E-state index contributed by atoms with van der Waals surface area (Å²) >= 11 is 0. The zero-order chi connectivity index (χ0) is 11.1. The Hall–Kier alpha value is -1.29. The van der Waals surface area contributed by atoms with E-state index in [1.165, 1.54) is 0 Å². The summed E-state index contributed by atoms with van der Waals surface area (Å²) in [6, 6.07) is 3.97. The normalized spacial score (nSPS) is 12.2. The van der Waals surface area contributed by atoms with Crippen molar-refractivity contribution in [1.29, 1.82) is 0 Å². The van der Waals surface area contributed by atoms with E-state index in [0.717, 1.165) is 11.6 Å². The first-order valence-electron chi connectivity index (χ1n) is 5.11. The first kappa shape index (κ1) is 11.8. The van der Waals surface area contributed by atoms with Crippen molar-refractivity contribution < 1.29 is 9.47 Å². The van der Waals surface area contributed by atoms with E-state index in [0.29, 0.717) is 13.2 Å². The van der Waals surface area contributed by atoms with Crippen molar-refractivity contribution in [2.75, 3.05) is 25.6 Å². The molecule has 0 aliphatic carbocycles. The van der Waals surface area contributed by atoms with Crippen LogP contribution in [0.4, 0.5) is 5.82 Å². The Labute approximate surface area is 90.6 Å². The number of nitrogens with one attached hydrogen (secondary N) is 1. The Morgan fingerprint density at radius 1 is 1.53 bits per heavy atom. The Balaban J connectivity index is 2.66. The molecule has 0 amide bonds. The number of hydrogen-bond acceptors (Lipinski definition) is 4. The molecule has 4 heteroatoms. The fraction of sp³-hybridized carbons (Fsp3) is 0.545. The minimum absolute atomic E-state index is 0.212. The zero-order valence-electron chi connectivity index (χ0n) is 9.49. The van der Waals surface area contributed by atoms with Crippen molar-refractivity contribution in [3.05, 3.63) is 18.3 Å². The first-order chi connectivity index (χ1) is 7.27. The number of anilines is 1. The van der Waals surface area contributed by atoms with E-state index in [-0.39, 0.29) is 6.04 Å². The molecule has 1 unspecified atom stereocenters. The lowest BCUT2D eigenvalue weighted by molar-refractivity contribution is 0.190. The van der Waals surface area contributed by atoms with Gasteiger partial charge in [-0.1, -0.05) is 0 Å². The maximum atomic E-state index is 5.45. The van der Waals surface area contributed by atoms with Crippen molar-refractivity contribution in [1.82, 2.24) is 4.98 Å². The summed E-state index contributed by atoms with van der Waals surface area (Å²) in [6.45, 7) is 5.27. The first-order valence-corrected chi connectivity index (χ1v) is 5.11. The van der Waals surface area contributed by atoms with E-state index < -0.39 is 0 Å². The molecule has 0 spiro atoms. The summed E-state index contributed by atoms with van der Waals surface area (Å²) in [5, 5.41) is 3.24. The molecule has 1 atom stereocenters. The van der Waals surface area contributed by atoms with Crippen LogP contribution in [0.5, 0.6) is 5.75 Å². The molecule has 0 aliphatic rings. The van der Waals surface area contributed by atoms with Gasteiger partial charge in [-0.2, -0.15) is 0 Å². The Bertz CT molecular complexity index is 292. The fourth-order valence-corrected chi connectivity index (χ4v) is 1.30. The van der Waals surface area contributed by atoms with Gasteiger partial charge in [-0.05, 0) is 26.0 Å². The van der Waals surface area contributed by atoms with E-state index in [4.69, 9.17) is 9.47 Å². The Morgan fingerprint density at radius 3 is 3.00 bits per heavy atom. The quantitative estimate of drug-likeness (QED) is 0.779. The van der Waals surface area contributed by atoms with Gasteiger partial charge in [0.15, 0.2) is 11.6 Å². The molecule has 1 N–H and O–H groups in total. The largest absolute Gasteiger partial charge is 0.490 e. The molecular weight excluding hydrogens is 192 g/mol. The Morgan fingerprint density at radius 2 is 2.33 bits per heavy atom. The minimum atomic E-state index is 0.212. The second-order valence-corrected chi connectivity index (χ2v) is 3.28. The number of rotatable bonds is 6. The van der Waals surface area contributed by atoms with Gasteiger partial charge in [0, 0.05) is 19.3 Å². The molecule has 0 saturated carbocycles. The molecule has 84 valence electrons. The van der Waals surface area contributed by atoms with Crippen molar-refractivity contribution in [2.24, 2.45) is 0 Å². The fourth-order valence-electron chi connectivity index (χ4n) is 1.30. The van der Waals surface area contributed by atoms with Crippen molar-refractivity contribution in [2.45, 2.75) is 19.9 Å². The molecule has 1 heterocycles. The highest BCUT2D eigenvalue weighted by molar-refractivity contribution is 5.49. The molecule has 1 aromatic rings. The van der Waals surface area contributed by atoms with Gasteiger partial charge in [-0.3, -0.25) is 0 Å². The molecule has 15 heavy (non-hydrogen) atoms. The van der Waals surface area contributed by atoms with Crippen LogP contribution in [0.15, 0.2) is 18.3 Å². The molecule has 1 aromatic heterocycles. The number of ether oxygens (including phenoxy) is 2. The standard InChI is InChI=1S/C11H18N2O2/c1-4-15-10-6-5-7-12-11(10)13-9(2)8-14-3/h5-7,9H,4,8H2,1-3H3,(H,12,13). The Kier molecular flexibility index (Phi) is 4.90. The molecule has 0 saturated heterocycles. The van der Waals surface area contributed by atoms with Crippen LogP contribution >= 0.6 is 0 Å². The molecular formula is C11H18N2O2. The molecule has 0 bridgehead atoms. The summed E-state index contributed by atoms with van der Waals surface area (Å²) in [6.07, 6.45) is 1.74. The van der Waals surface area contributed by atoms with E-state index in [2.05, 4.69) is 10.3 Å². The van der Waals surface area contributed by atoms with Gasteiger partial charge in [0.2, 0.25) is 0 Å². The average molecular weight is 210 g/mol. The summed E-state index contributed by atoms with van der Waals surface area (Å²) in [4.78, 5) is 4.23. The highest BCUT2D eigenvalue weighted by atomic mass is 16.5. The van der Waals surface area contributed by atoms with Crippen LogP contribution in [0.25, 0.3) is 0 Å². The maximum absolute atomic E-state index is 5.45. The highest BCUT2D eigenvalue weighted by Crippen LogP contribution is 2.21. The van der Waals surface area contributed by atoms with Gasteiger partial charge in [0.05, 0.1) is 13.2 Å². The highest BCUT2D eigenvalue weighted by Gasteiger charge is 2.07. The van der Waals surface area contributed by atoms with Crippen LogP contribution in [-0.4, -0.2) is 31.3 Å². The predicted molar refractivity (Wildman–Crippen MR) is 60.4 cm³/mol. The number of methoxy groups -OCH3 is 1. The number of pyridine rings is 1. The van der Waals surface area contributed by atoms with Crippen LogP contribution in [0.3, 0.4) is 0 Å². The van der Waals surface area contributed by atoms with Crippen LogP contribution in [-0.2, 0) is 4.74 Å². The third kappa shape index (κ3) is 3.75. The van der Waals surface area contributed by atoms with Gasteiger partial charge in [-0.15, -0.1) is 0 Å². The second kappa shape index (κ2) is 6.24. The number of aromatic nitrogens is 1. The van der Waals surface area contributed by atoms with E-state index >= 15 is 0 Å². The monoisotopic (exact) mass is 210 g/mol. The van der Waals surface area contributed by atoms with Gasteiger partial charge >= 0.3 is 0 Å². The summed E-state index contributed by atoms with van der Waals surface area (Å²) in [5.41, 5.74) is 0. The van der Waals surface area contributed by atoms with Gasteiger partial charge in [0.1, 0.15) is 0 Å². The van der Waals surface area contributed by atoms with Gasteiger partial charge < -0.3 is 14.8 Å². The summed E-state index contributed by atoms with van der Waals surface area (Å²) in [5.74, 6) is 1.55. The van der Waals surface area contributed by atoms with Crippen molar-refractivity contribution in [3.63, 3.8) is 0 Å². The van der Waals surface area contributed by atoms with Crippen molar-refractivity contribution in [3.8, 4) is 5.75 Å². The lowest BCUT2D eigenvalue weighted by Crippen LogP contribution is -2.21. The third-order valence-electron chi connectivity index (χ3n) is 1.87. The molecule has 0 fully saturated rings. The lowest BCUT2D eigenvalue weighted by Gasteiger charge is -2.15. The number of nitrogens with zero attached hydrogens (tertiary/aromatic N) is 1. The van der Waals surface area contributed by atoms with Crippen molar-refractivity contribution >= 4 is 5.82 Å². The van der Waals surface area contributed by atoms with E-state index in [1.807, 2.05) is 26.0 Å². The van der Waals surface area contributed by atoms with Gasteiger partial charge in [0.25, 0.3) is 0 Å². The molecule has 4 nitrogen and oxygen atoms in total. The van der Waals surface area contributed by atoms with Crippen LogP contribution in [0, 0.1) is 0 Å². The smallest absolute Gasteiger partial charge is 0.169 e. The molecule has 0 aromatic carbocycles. The topological polar surface area (TPSA) is 43.4 Å². The predicted octanol–water partition coefficient (Wildman–Crippen LogP) is 1.93. The zero-order valence-corrected chi connectivity index (χ0v) is 9.49. The van der Waals surface area contributed by atoms with Crippen LogP contribution in [0.2, 0.25) is 0 Å². The molecule has 0 aliphatic heterocycles. The molecule has 1 rings (SSSR count). The SMILES string of the molecule is CCOc1cccnc1NC(C)COC. The minimum Gasteiger partial charge on any atom is -0.490 e. The number of hydrogen-bond donors (Lipinski definition) is 1. The molecule has 0 radical (unpaired) electrons. The average Bonchev–Trinajstić information content (AvgIpc) is 2.21. The van der Waals surface area contributed by atoms with E-state index in [9.17, 15) is 0 Å². The third-order valence-corrected chi connectivity index (χ3v) is 1.87. The second-order valence-electron chi connectivity index (χ2n) is 3.28.